The molecular formula is C12H15NO. The van der Waals surface area contributed by atoms with Gasteiger partial charge in [0.05, 0.1) is 0 Å². The summed E-state index contributed by atoms with van der Waals surface area (Å²) in [6.45, 7) is 4.35. The quantitative estimate of drug-likeness (QED) is 0.735. The summed E-state index contributed by atoms with van der Waals surface area (Å²) in [5.74, 6) is 0.0572. The lowest BCUT2D eigenvalue weighted by molar-refractivity contribution is -0.112. The molecule has 0 saturated carbocycles. The number of benzene rings is 1. The van der Waals surface area contributed by atoms with E-state index in [-0.39, 0.29) is 5.78 Å². The second-order valence-corrected chi connectivity index (χ2v) is 3.31. The van der Waals surface area contributed by atoms with Crippen molar-refractivity contribution in [1.29, 1.82) is 0 Å². The Bertz CT molecular complexity index is 342. The molecule has 1 aromatic carbocycles. The Hall–Kier alpha value is -1.57. The van der Waals surface area contributed by atoms with Gasteiger partial charge in [-0.15, -0.1) is 0 Å². The Labute approximate surface area is 84.6 Å². The first kappa shape index (κ1) is 10.5. The zero-order valence-electron chi connectivity index (χ0n) is 8.58. The Morgan fingerprint density at radius 2 is 2.29 bits per heavy atom. The van der Waals surface area contributed by atoms with E-state index in [1.54, 1.807) is 6.20 Å². The van der Waals surface area contributed by atoms with Crippen LogP contribution < -0.4 is 5.32 Å². The lowest BCUT2D eigenvalue weighted by atomic mass is 10.1. The van der Waals surface area contributed by atoms with Crippen LogP contribution in [0, 0.1) is 6.92 Å². The maximum atomic E-state index is 10.6. The molecule has 14 heavy (non-hydrogen) atoms. The van der Waals surface area contributed by atoms with E-state index >= 15 is 0 Å². The van der Waals surface area contributed by atoms with Gasteiger partial charge in [0.1, 0.15) is 0 Å². The zero-order chi connectivity index (χ0) is 10.4. The third kappa shape index (κ3) is 3.90. The number of ketones is 1. The average Bonchev–Trinajstić information content (AvgIpc) is 2.12. The number of nitrogens with one attached hydrogen (secondary N) is 1. The number of aryl methyl sites for hydroxylation is 1. The second-order valence-electron chi connectivity index (χ2n) is 3.31. The summed E-state index contributed by atoms with van der Waals surface area (Å²) in [4.78, 5) is 10.6. The van der Waals surface area contributed by atoms with E-state index in [1.807, 2.05) is 6.07 Å². The second kappa shape index (κ2) is 5.22. The van der Waals surface area contributed by atoms with Crippen molar-refractivity contribution in [3.05, 3.63) is 47.7 Å². The molecule has 0 aliphatic carbocycles. The van der Waals surface area contributed by atoms with E-state index in [4.69, 9.17) is 0 Å². The van der Waals surface area contributed by atoms with Gasteiger partial charge < -0.3 is 5.32 Å². The first-order chi connectivity index (χ1) is 6.68. The third-order valence-electron chi connectivity index (χ3n) is 1.82. The molecule has 74 valence electrons. The van der Waals surface area contributed by atoms with Crippen molar-refractivity contribution in [3.63, 3.8) is 0 Å². The Balaban J connectivity index is 2.42. The van der Waals surface area contributed by atoms with Crippen molar-refractivity contribution < 1.29 is 4.79 Å². The van der Waals surface area contributed by atoms with Gasteiger partial charge in [-0.2, -0.15) is 0 Å². The highest BCUT2D eigenvalue weighted by Gasteiger charge is 1.90. The normalized spacial score (nSPS) is 10.4. The van der Waals surface area contributed by atoms with Gasteiger partial charge in [0.25, 0.3) is 0 Å². The molecular weight excluding hydrogens is 174 g/mol. The predicted molar refractivity (Wildman–Crippen MR) is 57.8 cm³/mol. The number of hydrogen-bond acceptors (Lipinski definition) is 2. The van der Waals surface area contributed by atoms with Gasteiger partial charge in [0.2, 0.25) is 0 Å². The molecule has 0 atom stereocenters. The van der Waals surface area contributed by atoms with Gasteiger partial charge in [-0.25, -0.2) is 0 Å². The average molecular weight is 189 g/mol. The van der Waals surface area contributed by atoms with Crippen LogP contribution in [0.4, 0.5) is 0 Å². The molecule has 0 amide bonds. The molecule has 0 unspecified atom stereocenters. The van der Waals surface area contributed by atoms with Gasteiger partial charge in [-0.3, -0.25) is 4.79 Å². The minimum absolute atomic E-state index is 0.0572. The maximum Gasteiger partial charge on any atom is 0.154 e. The minimum atomic E-state index is 0.0572. The number of allylic oxidation sites excluding steroid dienone is 1. The Morgan fingerprint density at radius 1 is 1.50 bits per heavy atom. The lowest BCUT2D eigenvalue weighted by Gasteiger charge is -2.01. The van der Waals surface area contributed by atoms with Gasteiger partial charge in [-0.1, -0.05) is 29.8 Å². The molecule has 2 nitrogen and oxygen atoms in total. The highest BCUT2D eigenvalue weighted by Crippen LogP contribution is 2.02. The topological polar surface area (TPSA) is 29.1 Å². The van der Waals surface area contributed by atoms with Crippen molar-refractivity contribution in [2.75, 3.05) is 0 Å². The van der Waals surface area contributed by atoms with E-state index < -0.39 is 0 Å². The van der Waals surface area contributed by atoms with Crippen LogP contribution in [0.5, 0.6) is 0 Å². The fraction of sp³-hybridized carbons (Fsp3) is 0.250. The fourth-order valence-electron chi connectivity index (χ4n) is 1.18. The summed E-state index contributed by atoms with van der Waals surface area (Å²) in [5, 5.41) is 3.06. The molecule has 1 rings (SSSR count). The summed E-state index contributed by atoms with van der Waals surface area (Å²) in [6.07, 6.45) is 3.21. The van der Waals surface area contributed by atoms with Gasteiger partial charge in [0, 0.05) is 12.7 Å². The number of hydrogen-bond donors (Lipinski definition) is 1. The predicted octanol–water partition coefficient (Wildman–Crippen LogP) is 2.19. The van der Waals surface area contributed by atoms with E-state index in [9.17, 15) is 4.79 Å². The minimum Gasteiger partial charge on any atom is -0.387 e. The summed E-state index contributed by atoms with van der Waals surface area (Å²) in [5.41, 5.74) is 2.47. The summed E-state index contributed by atoms with van der Waals surface area (Å²) >= 11 is 0. The first-order valence-electron chi connectivity index (χ1n) is 4.64. The molecule has 1 N–H and O–H groups in total. The standard InChI is InChI=1S/C12H15NO/c1-10-4-3-5-12(8-10)9-13-7-6-11(2)14/h3-8,13H,9H2,1-2H3/b7-6+. The fourth-order valence-corrected chi connectivity index (χ4v) is 1.18. The van der Waals surface area contributed by atoms with Crippen molar-refractivity contribution in [3.8, 4) is 0 Å². The van der Waals surface area contributed by atoms with E-state index in [0.29, 0.717) is 0 Å². The van der Waals surface area contributed by atoms with Crippen molar-refractivity contribution in [2.45, 2.75) is 20.4 Å². The molecule has 0 heterocycles. The smallest absolute Gasteiger partial charge is 0.154 e. The Kier molecular flexibility index (Phi) is 3.92. The molecule has 0 saturated heterocycles. The summed E-state index contributed by atoms with van der Waals surface area (Å²) in [6, 6.07) is 8.27. The van der Waals surface area contributed by atoms with Crippen LogP contribution in [0.2, 0.25) is 0 Å². The SMILES string of the molecule is CC(=O)/C=C/NCc1cccc(C)c1. The van der Waals surface area contributed by atoms with Crippen LogP contribution in [-0.2, 0) is 11.3 Å². The highest BCUT2D eigenvalue weighted by molar-refractivity contribution is 5.87. The molecule has 0 spiro atoms. The van der Waals surface area contributed by atoms with Crippen LogP contribution in [0.3, 0.4) is 0 Å². The molecule has 0 aliphatic heterocycles. The van der Waals surface area contributed by atoms with Crippen molar-refractivity contribution >= 4 is 5.78 Å². The van der Waals surface area contributed by atoms with Crippen LogP contribution in [0.1, 0.15) is 18.1 Å². The molecule has 2 heteroatoms. The summed E-state index contributed by atoms with van der Waals surface area (Å²) in [7, 11) is 0. The molecule has 0 aliphatic rings. The molecule has 0 radical (unpaired) electrons. The van der Waals surface area contributed by atoms with Crippen LogP contribution in [0.15, 0.2) is 36.5 Å². The van der Waals surface area contributed by atoms with Crippen LogP contribution >= 0.6 is 0 Å². The van der Waals surface area contributed by atoms with E-state index in [2.05, 4.69) is 30.4 Å². The monoisotopic (exact) mass is 189 g/mol. The molecule has 0 fully saturated rings. The molecule has 0 aromatic heterocycles. The largest absolute Gasteiger partial charge is 0.387 e. The molecule has 1 aromatic rings. The lowest BCUT2D eigenvalue weighted by Crippen LogP contribution is -2.05. The first-order valence-corrected chi connectivity index (χ1v) is 4.64. The van der Waals surface area contributed by atoms with Crippen LogP contribution in [-0.4, -0.2) is 5.78 Å². The number of rotatable bonds is 4. The zero-order valence-corrected chi connectivity index (χ0v) is 8.58. The third-order valence-corrected chi connectivity index (χ3v) is 1.82. The molecule has 0 bridgehead atoms. The van der Waals surface area contributed by atoms with Crippen LogP contribution in [0.25, 0.3) is 0 Å². The van der Waals surface area contributed by atoms with E-state index in [1.165, 1.54) is 24.1 Å². The van der Waals surface area contributed by atoms with Gasteiger partial charge in [-0.05, 0) is 25.5 Å². The van der Waals surface area contributed by atoms with Gasteiger partial charge in [0.15, 0.2) is 5.78 Å². The summed E-state index contributed by atoms with van der Waals surface area (Å²) < 4.78 is 0. The highest BCUT2D eigenvalue weighted by atomic mass is 16.1. The maximum absolute atomic E-state index is 10.6. The Morgan fingerprint density at radius 3 is 2.93 bits per heavy atom. The van der Waals surface area contributed by atoms with Gasteiger partial charge >= 0.3 is 0 Å². The van der Waals surface area contributed by atoms with Crippen molar-refractivity contribution in [1.82, 2.24) is 5.32 Å². The number of carbonyl (C=O) groups is 1. The van der Waals surface area contributed by atoms with E-state index in [0.717, 1.165) is 6.54 Å². The number of carbonyl (C=O) groups excluding carboxylic acids is 1. The van der Waals surface area contributed by atoms with Crippen molar-refractivity contribution in [2.24, 2.45) is 0 Å².